The lowest BCUT2D eigenvalue weighted by molar-refractivity contribution is -0.126. The molecule has 3 amide bonds. The van der Waals surface area contributed by atoms with E-state index in [1.54, 1.807) is 0 Å². The minimum Gasteiger partial charge on any atom is -0.310 e. The van der Waals surface area contributed by atoms with Crippen molar-refractivity contribution in [3.05, 3.63) is 0 Å². The zero-order valence-electron chi connectivity index (χ0n) is 11.5. The van der Waals surface area contributed by atoms with Gasteiger partial charge < -0.3 is 9.80 Å². The quantitative estimate of drug-likeness (QED) is 0.780. The topological polar surface area (TPSA) is 52.7 Å². The van der Waals surface area contributed by atoms with Gasteiger partial charge in [0.05, 0.1) is 0 Å². The summed E-state index contributed by atoms with van der Waals surface area (Å²) in [6, 6.07) is -0.173. The first-order chi connectivity index (χ1) is 9.22. The largest absolute Gasteiger partial charge is 0.325 e. The van der Waals surface area contributed by atoms with E-state index in [1.165, 1.54) is 25.9 Å². The van der Waals surface area contributed by atoms with Crippen LogP contribution in [0.3, 0.4) is 0 Å². The third-order valence-electron chi connectivity index (χ3n) is 4.89. The van der Waals surface area contributed by atoms with Crippen LogP contribution in [0.4, 0.5) is 4.79 Å². The molecule has 0 aromatic rings. The zero-order valence-corrected chi connectivity index (χ0v) is 11.5. The Morgan fingerprint density at radius 2 is 1.68 bits per heavy atom. The lowest BCUT2D eigenvalue weighted by Crippen LogP contribution is -2.48. The van der Waals surface area contributed by atoms with Crippen LogP contribution in [0.15, 0.2) is 0 Å². The van der Waals surface area contributed by atoms with E-state index in [-0.39, 0.29) is 11.9 Å². The van der Waals surface area contributed by atoms with Crippen LogP contribution in [0.5, 0.6) is 0 Å². The molecule has 0 bridgehead atoms. The molecule has 0 unspecified atom stereocenters. The number of nitrogens with one attached hydrogen (secondary N) is 1. The number of amides is 3. The van der Waals surface area contributed by atoms with Crippen molar-refractivity contribution in [1.29, 1.82) is 0 Å². The van der Waals surface area contributed by atoms with Crippen LogP contribution in [0.2, 0.25) is 0 Å². The molecule has 0 radical (unpaired) electrons. The van der Waals surface area contributed by atoms with E-state index in [2.05, 4.69) is 10.2 Å². The summed E-state index contributed by atoms with van der Waals surface area (Å²) in [7, 11) is 0. The Bertz CT molecular complexity index is 371. The van der Waals surface area contributed by atoms with E-state index in [4.69, 9.17) is 0 Å². The van der Waals surface area contributed by atoms with Gasteiger partial charge in [-0.25, -0.2) is 4.79 Å². The van der Waals surface area contributed by atoms with Gasteiger partial charge in [0, 0.05) is 6.54 Å². The van der Waals surface area contributed by atoms with Crippen molar-refractivity contribution in [3.63, 3.8) is 0 Å². The molecular weight excluding hydrogens is 242 g/mol. The molecule has 5 nitrogen and oxygen atoms in total. The van der Waals surface area contributed by atoms with E-state index in [0.717, 1.165) is 38.6 Å². The fraction of sp³-hybridized carbons (Fsp3) is 0.857. The molecule has 0 aromatic heterocycles. The van der Waals surface area contributed by atoms with Gasteiger partial charge in [-0.05, 0) is 51.7 Å². The molecule has 5 heteroatoms. The number of carbonyl (C=O) groups excluding carboxylic acids is 2. The predicted octanol–water partition coefficient (Wildman–Crippen LogP) is 1.34. The van der Waals surface area contributed by atoms with Gasteiger partial charge in [0.2, 0.25) is 0 Å². The summed E-state index contributed by atoms with van der Waals surface area (Å²) in [6.07, 6.45) is 7.37. The second kappa shape index (κ2) is 5.12. The Balaban J connectivity index is 1.58. The van der Waals surface area contributed by atoms with Crippen molar-refractivity contribution in [3.8, 4) is 0 Å². The average Bonchev–Trinajstić information content (AvgIpc) is 3.09. The maximum Gasteiger partial charge on any atom is 0.325 e. The third-order valence-corrected chi connectivity index (χ3v) is 4.89. The number of hydrogen-bond acceptors (Lipinski definition) is 3. The number of nitrogens with zero attached hydrogens (tertiary/aromatic N) is 2. The Morgan fingerprint density at radius 3 is 2.37 bits per heavy atom. The molecule has 2 aliphatic heterocycles. The van der Waals surface area contributed by atoms with Crippen molar-refractivity contribution in [1.82, 2.24) is 15.1 Å². The molecule has 1 saturated carbocycles. The van der Waals surface area contributed by atoms with Gasteiger partial charge in [0.25, 0.3) is 5.91 Å². The van der Waals surface area contributed by atoms with Crippen LogP contribution in [0.25, 0.3) is 0 Å². The van der Waals surface area contributed by atoms with E-state index in [9.17, 15) is 9.59 Å². The molecular formula is C14H23N3O2. The maximum atomic E-state index is 12.1. The van der Waals surface area contributed by atoms with E-state index >= 15 is 0 Å². The molecule has 1 N–H and O–H groups in total. The third kappa shape index (κ3) is 2.24. The normalized spacial score (nSPS) is 26.6. The van der Waals surface area contributed by atoms with Crippen LogP contribution in [-0.2, 0) is 4.79 Å². The standard InChI is InChI=1S/C14H23N3O2/c18-12-14(6-1-2-7-14)17(13(19)15-12)11-5-10-16-8-3-4-9-16/h1-11H2,(H,15,18,19). The molecule has 3 rings (SSSR count). The van der Waals surface area contributed by atoms with E-state index in [0.29, 0.717) is 6.54 Å². The smallest absolute Gasteiger partial charge is 0.310 e. The predicted molar refractivity (Wildman–Crippen MR) is 71.7 cm³/mol. The van der Waals surface area contributed by atoms with Gasteiger partial charge in [0.1, 0.15) is 5.54 Å². The molecule has 3 aliphatic rings. The van der Waals surface area contributed by atoms with Crippen LogP contribution < -0.4 is 5.32 Å². The number of urea groups is 1. The van der Waals surface area contributed by atoms with Crippen LogP contribution in [0, 0.1) is 0 Å². The molecule has 0 aromatic carbocycles. The number of rotatable bonds is 4. The zero-order chi connectivity index (χ0) is 13.3. The number of imide groups is 1. The molecule has 19 heavy (non-hydrogen) atoms. The van der Waals surface area contributed by atoms with Crippen LogP contribution >= 0.6 is 0 Å². The van der Waals surface area contributed by atoms with Crippen molar-refractivity contribution in [2.45, 2.75) is 50.5 Å². The van der Waals surface area contributed by atoms with Crippen LogP contribution in [-0.4, -0.2) is 53.5 Å². The first-order valence-corrected chi connectivity index (χ1v) is 7.58. The lowest BCUT2D eigenvalue weighted by Gasteiger charge is -2.31. The maximum absolute atomic E-state index is 12.1. The Labute approximate surface area is 114 Å². The number of hydrogen-bond donors (Lipinski definition) is 1. The molecule has 106 valence electrons. The first kappa shape index (κ1) is 12.9. The molecule has 3 fully saturated rings. The minimum absolute atomic E-state index is 0.0591. The lowest BCUT2D eigenvalue weighted by atomic mass is 9.96. The van der Waals surface area contributed by atoms with E-state index < -0.39 is 5.54 Å². The highest BCUT2D eigenvalue weighted by atomic mass is 16.2. The van der Waals surface area contributed by atoms with Crippen molar-refractivity contribution in [2.24, 2.45) is 0 Å². The Morgan fingerprint density at radius 1 is 1.00 bits per heavy atom. The Hall–Kier alpha value is -1.10. The van der Waals surface area contributed by atoms with Crippen molar-refractivity contribution in [2.75, 3.05) is 26.2 Å². The minimum atomic E-state index is -0.498. The second-order valence-corrected chi connectivity index (χ2v) is 6.05. The van der Waals surface area contributed by atoms with Gasteiger partial charge in [-0.2, -0.15) is 0 Å². The molecule has 1 spiro atoms. The summed E-state index contributed by atoms with van der Waals surface area (Å²) in [5.41, 5.74) is -0.498. The SMILES string of the molecule is O=C1NC(=O)C2(CCCC2)N1CCCN1CCCC1. The average molecular weight is 265 g/mol. The molecule has 1 aliphatic carbocycles. The second-order valence-electron chi connectivity index (χ2n) is 6.05. The van der Waals surface area contributed by atoms with E-state index in [1.807, 2.05) is 4.90 Å². The number of likely N-dealkylation sites (tertiary alicyclic amines) is 1. The molecule has 0 atom stereocenters. The molecule has 2 heterocycles. The summed E-state index contributed by atoms with van der Waals surface area (Å²) < 4.78 is 0. The first-order valence-electron chi connectivity index (χ1n) is 7.58. The van der Waals surface area contributed by atoms with Crippen LogP contribution in [0.1, 0.15) is 44.9 Å². The summed E-state index contributed by atoms with van der Waals surface area (Å²) in [4.78, 5) is 28.3. The summed E-state index contributed by atoms with van der Waals surface area (Å²) in [5, 5.41) is 2.51. The Kier molecular flexibility index (Phi) is 3.48. The summed E-state index contributed by atoms with van der Waals surface area (Å²) in [5.74, 6) is -0.0591. The fourth-order valence-corrected chi connectivity index (χ4v) is 3.83. The number of carbonyl (C=O) groups is 2. The van der Waals surface area contributed by atoms with Gasteiger partial charge in [-0.1, -0.05) is 12.8 Å². The summed E-state index contributed by atoms with van der Waals surface area (Å²) in [6.45, 7) is 4.15. The highest BCUT2D eigenvalue weighted by Gasteiger charge is 2.53. The van der Waals surface area contributed by atoms with Gasteiger partial charge in [0.15, 0.2) is 0 Å². The van der Waals surface area contributed by atoms with Crippen molar-refractivity contribution >= 4 is 11.9 Å². The molecule has 2 saturated heterocycles. The highest BCUT2D eigenvalue weighted by Crippen LogP contribution is 2.38. The van der Waals surface area contributed by atoms with Crippen molar-refractivity contribution < 1.29 is 9.59 Å². The van der Waals surface area contributed by atoms with Gasteiger partial charge in [-0.15, -0.1) is 0 Å². The monoisotopic (exact) mass is 265 g/mol. The summed E-state index contributed by atoms with van der Waals surface area (Å²) >= 11 is 0. The van der Waals surface area contributed by atoms with Gasteiger partial charge >= 0.3 is 6.03 Å². The van der Waals surface area contributed by atoms with Gasteiger partial charge in [-0.3, -0.25) is 10.1 Å². The highest BCUT2D eigenvalue weighted by molar-refractivity contribution is 6.07. The fourth-order valence-electron chi connectivity index (χ4n) is 3.83.